The molecule has 0 saturated heterocycles. The quantitative estimate of drug-likeness (QED) is 0.452. The number of nitriles is 1. The number of rotatable bonds is 8. The molecule has 162 valence electrons. The number of thioether (sulfide) groups is 1. The van der Waals surface area contributed by atoms with E-state index in [4.69, 9.17) is 0 Å². The molecule has 2 aromatic heterocycles. The van der Waals surface area contributed by atoms with Gasteiger partial charge in [-0.3, -0.25) is 4.21 Å². The molecule has 0 saturated carbocycles. The van der Waals surface area contributed by atoms with E-state index < -0.39 is 34.2 Å². The van der Waals surface area contributed by atoms with Gasteiger partial charge in [-0.15, -0.1) is 23.1 Å². The Morgan fingerprint density at radius 2 is 1.97 bits per heavy atom. The summed E-state index contributed by atoms with van der Waals surface area (Å²) in [4.78, 5) is 4.79. The Morgan fingerprint density at radius 3 is 2.58 bits per heavy atom. The van der Waals surface area contributed by atoms with Crippen LogP contribution in [0.3, 0.4) is 0 Å². The number of nitrogens with zero attached hydrogens (tertiary/aromatic N) is 2. The molecule has 0 spiro atoms. The van der Waals surface area contributed by atoms with Crippen LogP contribution in [0.4, 0.5) is 13.2 Å². The second-order valence-electron chi connectivity index (χ2n) is 6.52. The predicted octanol–water partition coefficient (Wildman–Crippen LogP) is 5.10. The van der Waals surface area contributed by atoms with Crippen molar-refractivity contribution in [3.05, 3.63) is 70.6 Å². The van der Waals surface area contributed by atoms with E-state index in [1.54, 1.807) is 23.6 Å². The molecular weight excluding hydrogens is 465 g/mol. The molecule has 31 heavy (non-hydrogen) atoms. The molecule has 3 rings (SSSR count). The third-order valence-corrected chi connectivity index (χ3v) is 7.56. The predicted molar refractivity (Wildman–Crippen MR) is 117 cm³/mol. The standard InChI is InChI=1S/C21H17F3N2O2S3/c22-21(23,24)17-9-18(19-7-4-8-29-19)26-20(16(17)10-25)30-11-15(27)13-31(28)12-14-5-2-1-3-6-14/h1-9,15,27H,11-13H2. The Bertz CT molecular complexity index is 1080. The van der Waals surface area contributed by atoms with Gasteiger partial charge in [0.1, 0.15) is 11.1 Å². The maximum atomic E-state index is 13.5. The number of pyridine rings is 1. The minimum absolute atomic E-state index is 0.0273. The first-order valence-corrected chi connectivity index (χ1v) is 12.4. The maximum Gasteiger partial charge on any atom is 0.417 e. The van der Waals surface area contributed by atoms with Gasteiger partial charge in [0.2, 0.25) is 0 Å². The first-order valence-electron chi connectivity index (χ1n) is 9.04. The van der Waals surface area contributed by atoms with Crippen LogP contribution in [0.2, 0.25) is 0 Å². The molecule has 0 fully saturated rings. The Kier molecular flexibility index (Phi) is 7.89. The number of aliphatic hydroxyl groups excluding tert-OH is 1. The van der Waals surface area contributed by atoms with Crippen LogP contribution in [0.5, 0.6) is 0 Å². The smallest absolute Gasteiger partial charge is 0.391 e. The zero-order chi connectivity index (χ0) is 22.4. The number of benzene rings is 1. The molecule has 1 aromatic carbocycles. The van der Waals surface area contributed by atoms with Gasteiger partial charge < -0.3 is 5.11 Å². The Labute approximate surface area is 188 Å². The molecule has 2 atom stereocenters. The summed E-state index contributed by atoms with van der Waals surface area (Å²) in [6.07, 6.45) is -5.74. The number of hydrogen-bond donors (Lipinski definition) is 1. The van der Waals surface area contributed by atoms with Gasteiger partial charge in [-0.2, -0.15) is 18.4 Å². The molecule has 4 nitrogen and oxygen atoms in total. The van der Waals surface area contributed by atoms with Crippen molar-refractivity contribution in [2.24, 2.45) is 0 Å². The van der Waals surface area contributed by atoms with Crippen molar-refractivity contribution in [3.8, 4) is 16.6 Å². The summed E-state index contributed by atoms with van der Waals surface area (Å²) in [6.45, 7) is 0. The lowest BCUT2D eigenvalue weighted by atomic mass is 10.1. The van der Waals surface area contributed by atoms with Crippen molar-refractivity contribution in [3.63, 3.8) is 0 Å². The minimum Gasteiger partial charge on any atom is -0.391 e. The van der Waals surface area contributed by atoms with E-state index >= 15 is 0 Å². The Morgan fingerprint density at radius 1 is 1.23 bits per heavy atom. The summed E-state index contributed by atoms with van der Waals surface area (Å²) in [5, 5.41) is 21.2. The number of hydrogen-bond acceptors (Lipinski definition) is 6. The van der Waals surface area contributed by atoms with Gasteiger partial charge in [-0.05, 0) is 23.1 Å². The summed E-state index contributed by atoms with van der Waals surface area (Å²) in [6, 6.07) is 15.0. The fourth-order valence-corrected chi connectivity index (χ4v) is 5.76. The van der Waals surface area contributed by atoms with Crippen LogP contribution in [-0.4, -0.2) is 31.9 Å². The van der Waals surface area contributed by atoms with E-state index in [1.165, 1.54) is 11.3 Å². The summed E-state index contributed by atoms with van der Waals surface area (Å²) < 4.78 is 52.9. The van der Waals surface area contributed by atoms with Crippen molar-refractivity contribution < 1.29 is 22.5 Å². The highest BCUT2D eigenvalue weighted by Crippen LogP contribution is 2.38. The van der Waals surface area contributed by atoms with Crippen molar-refractivity contribution in [2.45, 2.75) is 23.1 Å². The number of halogens is 3. The lowest BCUT2D eigenvalue weighted by Gasteiger charge is -2.15. The summed E-state index contributed by atoms with van der Waals surface area (Å²) in [5.74, 6) is 0.213. The van der Waals surface area contributed by atoms with E-state index in [0.29, 0.717) is 4.88 Å². The lowest BCUT2D eigenvalue weighted by Crippen LogP contribution is -2.20. The average molecular weight is 483 g/mol. The SMILES string of the molecule is N#Cc1c(C(F)(F)F)cc(-c2cccs2)nc1SCC(O)CS(=O)Cc1ccccc1. The van der Waals surface area contributed by atoms with Crippen molar-refractivity contribution in [1.82, 2.24) is 4.98 Å². The number of alkyl halides is 3. The third kappa shape index (κ3) is 6.40. The van der Waals surface area contributed by atoms with E-state index in [0.717, 1.165) is 23.4 Å². The van der Waals surface area contributed by atoms with Crippen LogP contribution in [0, 0.1) is 11.3 Å². The van der Waals surface area contributed by atoms with E-state index in [1.807, 2.05) is 30.3 Å². The van der Waals surface area contributed by atoms with Crippen LogP contribution in [0.15, 0.2) is 58.9 Å². The molecule has 2 heterocycles. The maximum absolute atomic E-state index is 13.5. The highest BCUT2D eigenvalue weighted by atomic mass is 32.2. The number of aromatic nitrogens is 1. The van der Waals surface area contributed by atoms with Crippen molar-refractivity contribution in [2.75, 3.05) is 11.5 Å². The largest absolute Gasteiger partial charge is 0.417 e. The highest BCUT2D eigenvalue weighted by molar-refractivity contribution is 7.99. The fourth-order valence-electron chi connectivity index (χ4n) is 2.77. The first kappa shape index (κ1) is 23.5. The molecule has 2 unspecified atom stereocenters. The van der Waals surface area contributed by atoms with Gasteiger partial charge in [0.05, 0.1) is 33.6 Å². The molecule has 10 heteroatoms. The minimum atomic E-state index is -4.72. The molecule has 0 radical (unpaired) electrons. The molecule has 1 N–H and O–H groups in total. The van der Waals surface area contributed by atoms with E-state index in [2.05, 4.69) is 4.98 Å². The molecular formula is C21H17F3N2O2S3. The summed E-state index contributed by atoms with van der Waals surface area (Å²) in [7, 11) is -1.34. The van der Waals surface area contributed by atoms with E-state index in [9.17, 15) is 27.7 Å². The second-order valence-corrected chi connectivity index (χ2v) is 9.98. The molecule has 0 aliphatic heterocycles. The monoisotopic (exact) mass is 482 g/mol. The number of aliphatic hydroxyl groups is 1. The molecule has 3 aromatic rings. The van der Waals surface area contributed by atoms with Gasteiger partial charge in [0.15, 0.2) is 0 Å². The van der Waals surface area contributed by atoms with Crippen LogP contribution in [0.25, 0.3) is 10.6 Å². The summed E-state index contributed by atoms with van der Waals surface area (Å²) in [5.41, 5.74) is -0.646. The van der Waals surface area contributed by atoms with Crippen LogP contribution < -0.4 is 0 Å². The fraction of sp³-hybridized carbons (Fsp3) is 0.238. The third-order valence-electron chi connectivity index (χ3n) is 4.14. The Balaban J connectivity index is 1.76. The second kappa shape index (κ2) is 10.4. The summed E-state index contributed by atoms with van der Waals surface area (Å²) >= 11 is 2.10. The zero-order valence-corrected chi connectivity index (χ0v) is 18.5. The normalized spacial score (nSPS) is 13.5. The van der Waals surface area contributed by atoms with Gasteiger partial charge in [-0.25, -0.2) is 4.98 Å². The molecule has 0 amide bonds. The molecule has 0 aliphatic rings. The molecule has 0 bridgehead atoms. The van der Waals surface area contributed by atoms with Crippen LogP contribution >= 0.6 is 23.1 Å². The number of thiophene rings is 1. The molecule has 0 aliphatic carbocycles. The average Bonchev–Trinajstić information content (AvgIpc) is 3.26. The lowest BCUT2D eigenvalue weighted by molar-refractivity contribution is -0.138. The van der Waals surface area contributed by atoms with Crippen LogP contribution in [0.1, 0.15) is 16.7 Å². The van der Waals surface area contributed by atoms with Gasteiger partial charge in [0.25, 0.3) is 0 Å². The van der Waals surface area contributed by atoms with Crippen molar-refractivity contribution in [1.29, 1.82) is 5.26 Å². The van der Waals surface area contributed by atoms with Gasteiger partial charge in [0, 0.05) is 22.3 Å². The highest BCUT2D eigenvalue weighted by Gasteiger charge is 2.36. The van der Waals surface area contributed by atoms with Crippen LogP contribution in [-0.2, 0) is 22.7 Å². The van der Waals surface area contributed by atoms with E-state index in [-0.39, 0.29) is 28.0 Å². The zero-order valence-electron chi connectivity index (χ0n) is 16.0. The van der Waals surface area contributed by atoms with Gasteiger partial charge in [-0.1, -0.05) is 36.4 Å². The van der Waals surface area contributed by atoms with Gasteiger partial charge >= 0.3 is 6.18 Å². The topological polar surface area (TPSA) is 74.0 Å². The van der Waals surface area contributed by atoms with Crippen molar-refractivity contribution >= 4 is 33.9 Å². The Hall–Kier alpha value is -2.19. The first-order chi connectivity index (χ1) is 14.8.